The Hall–Kier alpha value is -0.950. The Kier molecular flexibility index (Phi) is 6.00. The SMILES string of the molecule is CCC(C)(C)C(C)(C(=O)OC(C(F)(F)F)C(F)(F)F)C(C)C. The average Bonchev–Trinajstić information content (AvgIpc) is 2.30. The maximum Gasteiger partial charge on any atom is 0.434 e. The van der Waals surface area contributed by atoms with E-state index in [1.54, 1.807) is 34.6 Å². The van der Waals surface area contributed by atoms with Crippen LogP contribution in [0, 0.1) is 16.7 Å². The van der Waals surface area contributed by atoms with Gasteiger partial charge in [-0.05, 0) is 24.7 Å². The molecule has 0 rings (SSSR count). The van der Waals surface area contributed by atoms with E-state index in [-0.39, 0.29) is 0 Å². The Morgan fingerprint density at radius 2 is 1.32 bits per heavy atom. The number of alkyl halides is 6. The molecule has 0 aromatic heterocycles. The average molecular weight is 336 g/mol. The Labute approximate surface area is 126 Å². The van der Waals surface area contributed by atoms with Crippen molar-refractivity contribution in [1.29, 1.82) is 0 Å². The van der Waals surface area contributed by atoms with Gasteiger partial charge in [0.2, 0.25) is 0 Å². The second-order valence-electron chi connectivity index (χ2n) is 6.46. The molecule has 22 heavy (non-hydrogen) atoms. The minimum atomic E-state index is -5.71. The Bertz CT molecular complexity index is 383. The van der Waals surface area contributed by atoms with E-state index < -0.39 is 41.2 Å². The fraction of sp³-hybridized carbons (Fsp3) is 0.929. The molecule has 0 spiro atoms. The number of carbonyl (C=O) groups excluding carboxylic acids is 1. The first-order chi connectivity index (χ1) is 9.51. The maximum absolute atomic E-state index is 12.5. The summed E-state index contributed by atoms with van der Waals surface area (Å²) in [5.74, 6) is -1.99. The lowest BCUT2D eigenvalue weighted by atomic mass is 9.59. The fourth-order valence-electron chi connectivity index (χ4n) is 2.21. The third-order valence-electron chi connectivity index (χ3n) is 4.69. The minimum Gasteiger partial charge on any atom is -0.442 e. The Morgan fingerprint density at radius 3 is 1.55 bits per heavy atom. The maximum atomic E-state index is 12.5. The smallest absolute Gasteiger partial charge is 0.434 e. The third-order valence-corrected chi connectivity index (χ3v) is 4.69. The van der Waals surface area contributed by atoms with Crippen LogP contribution >= 0.6 is 0 Å². The van der Waals surface area contributed by atoms with Gasteiger partial charge in [0, 0.05) is 0 Å². The van der Waals surface area contributed by atoms with Crippen molar-refractivity contribution in [1.82, 2.24) is 0 Å². The largest absolute Gasteiger partial charge is 0.442 e. The van der Waals surface area contributed by atoms with Crippen LogP contribution in [0.1, 0.15) is 48.0 Å². The van der Waals surface area contributed by atoms with Crippen LogP contribution < -0.4 is 0 Å². The molecule has 0 bridgehead atoms. The van der Waals surface area contributed by atoms with Crippen molar-refractivity contribution in [2.24, 2.45) is 16.7 Å². The van der Waals surface area contributed by atoms with Crippen LogP contribution in [-0.2, 0) is 9.53 Å². The quantitative estimate of drug-likeness (QED) is 0.514. The van der Waals surface area contributed by atoms with Crippen LogP contribution in [0.5, 0.6) is 0 Å². The molecule has 2 nitrogen and oxygen atoms in total. The van der Waals surface area contributed by atoms with Crippen molar-refractivity contribution in [3.05, 3.63) is 0 Å². The molecule has 1 unspecified atom stereocenters. The summed E-state index contributed by atoms with van der Waals surface area (Å²) in [6, 6.07) is 0. The van der Waals surface area contributed by atoms with E-state index in [0.29, 0.717) is 6.42 Å². The number of ether oxygens (including phenoxy) is 1. The molecular weight excluding hydrogens is 314 g/mol. The molecule has 1 atom stereocenters. The number of esters is 1. The van der Waals surface area contributed by atoms with Gasteiger partial charge in [-0.25, -0.2) is 0 Å². The van der Waals surface area contributed by atoms with Crippen LogP contribution in [-0.4, -0.2) is 24.4 Å². The minimum absolute atomic E-state index is 0.388. The summed E-state index contributed by atoms with van der Waals surface area (Å²) in [6.45, 7) is 9.41. The van der Waals surface area contributed by atoms with Gasteiger partial charge in [-0.2, -0.15) is 26.3 Å². The number of hydrogen-bond donors (Lipinski definition) is 0. The highest BCUT2D eigenvalue weighted by Crippen LogP contribution is 2.49. The standard InChI is InChI=1S/C14H22F6O2/c1-7-11(4,5)12(6,8(2)3)10(21)22-9(13(15,16)17)14(18,19)20/h8-9H,7H2,1-6H3. The van der Waals surface area contributed by atoms with Gasteiger partial charge >= 0.3 is 18.3 Å². The fourth-order valence-corrected chi connectivity index (χ4v) is 2.21. The molecular formula is C14H22F6O2. The van der Waals surface area contributed by atoms with Gasteiger partial charge in [-0.1, -0.05) is 34.6 Å². The zero-order valence-electron chi connectivity index (χ0n) is 13.4. The zero-order chi connectivity index (χ0) is 18.1. The van der Waals surface area contributed by atoms with Gasteiger partial charge < -0.3 is 4.74 Å². The molecule has 0 aromatic carbocycles. The van der Waals surface area contributed by atoms with Crippen LogP contribution in [0.25, 0.3) is 0 Å². The molecule has 0 amide bonds. The molecule has 0 saturated carbocycles. The lowest BCUT2D eigenvalue weighted by molar-refractivity contribution is -0.317. The number of rotatable bonds is 5. The summed E-state index contributed by atoms with van der Waals surface area (Å²) in [7, 11) is 0. The zero-order valence-corrected chi connectivity index (χ0v) is 13.4. The molecule has 0 N–H and O–H groups in total. The van der Waals surface area contributed by atoms with E-state index >= 15 is 0 Å². The van der Waals surface area contributed by atoms with Gasteiger partial charge in [0.15, 0.2) is 0 Å². The third kappa shape index (κ3) is 4.07. The van der Waals surface area contributed by atoms with Crippen LogP contribution in [0.15, 0.2) is 0 Å². The highest BCUT2D eigenvalue weighted by Gasteiger charge is 2.62. The second kappa shape index (κ2) is 6.28. The first-order valence-electron chi connectivity index (χ1n) is 6.86. The monoisotopic (exact) mass is 336 g/mol. The van der Waals surface area contributed by atoms with Gasteiger partial charge in [-0.15, -0.1) is 0 Å². The van der Waals surface area contributed by atoms with Gasteiger partial charge in [0.25, 0.3) is 6.10 Å². The van der Waals surface area contributed by atoms with Crippen molar-refractivity contribution >= 4 is 5.97 Å². The summed E-state index contributed by atoms with van der Waals surface area (Å²) in [5, 5.41) is 0. The highest BCUT2D eigenvalue weighted by atomic mass is 19.4. The number of halogens is 6. The predicted molar refractivity (Wildman–Crippen MR) is 69.0 cm³/mol. The van der Waals surface area contributed by atoms with Crippen molar-refractivity contribution in [2.45, 2.75) is 66.4 Å². The van der Waals surface area contributed by atoms with Crippen molar-refractivity contribution in [2.75, 3.05) is 0 Å². The van der Waals surface area contributed by atoms with Crippen LogP contribution in [0.4, 0.5) is 26.3 Å². The molecule has 0 radical (unpaired) electrons. The Morgan fingerprint density at radius 1 is 0.955 bits per heavy atom. The van der Waals surface area contributed by atoms with Crippen molar-refractivity contribution < 1.29 is 35.9 Å². The van der Waals surface area contributed by atoms with Crippen LogP contribution in [0.2, 0.25) is 0 Å². The molecule has 0 fully saturated rings. The highest BCUT2D eigenvalue weighted by molar-refractivity contribution is 5.78. The summed E-state index contributed by atoms with van der Waals surface area (Å²) in [5.41, 5.74) is -2.32. The van der Waals surface area contributed by atoms with Crippen molar-refractivity contribution in [3.8, 4) is 0 Å². The molecule has 8 heteroatoms. The second-order valence-corrected chi connectivity index (χ2v) is 6.46. The lowest BCUT2D eigenvalue weighted by Gasteiger charge is -2.45. The molecule has 132 valence electrons. The summed E-state index contributed by atoms with van der Waals surface area (Å²) >= 11 is 0. The van der Waals surface area contributed by atoms with E-state index in [0.717, 1.165) is 0 Å². The Balaban J connectivity index is 5.72. The lowest BCUT2D eigenvalue weighted by Crippen LogP contribution is -2.52. The van der Waals surface area contributed by atoms with Gasteiger partial charge in [-0.3, -0.25) is 4.79 Å². The molecule has 0 saturated heterocycles. The van der Waals surface area contributed by atoms with Gasteiger partial charge in [0.05, 0.1) is 5.41 Å². The van der Waals surface area contributed by atoms with E-state index in [1.165, 1.54) is 6.92 Å². The first kappa shape index (κ1) is 21.0. The number of hydrogen-bond acceptors (Lipinski definition) is 2. The molecule has 0 aromatic rings. The van der Waals surface area contributed by atoms with E-state index in [4.69, 9.17) is 0 Å². The van der Waals surface area contributed by atoms with E-state index in [2.05, 4.69) is 4.74 Å². The first-order valence-corrected chi connectivity index (χ1v) is 6.86. The molecule has 0 aliphatic heterocycles. The van der Waals surface area contributed by atoms with E-state index in [1.807, 2.05) is 0 Å². The normalized spacial score (nSPS) is 16.8. The van der Waals surface area contributed by atoms with Gasteiger partial charge in [0.1, 0.15) is 0 Å². The summed E-state index contributed by atoms with van der Waals surface area (Å²) in [6.07, 6.45) is -15.1. The predicted octanol–water partition coefficient (Wildman–Crippen LogP) is 5.12. The molecule has 0 aliphatic rings. The summed E-state index contributed by atoms with van der Waals surface area (Å²) in [4.78, 5) is 12.2. The van der Waals surface area contributed by atoms with Crippen molar-refractivity contribution in [3.63, 3.8) is 0 Å². The number of carbonyl (C=O) groups is 1. The topological polar surface area (TPSA) is 26.3 Å². The summed E-state index contributed by atoms with van der Waals surface area (Å²) < 4.78 is 79.2. The van der Waals surface area contributed by atoms with E-state index in [9.17, 15) is 31.1 Å². The molecule has 0 aliphatic carbocycles. The molecule has 0 heterocycles. The van der Waals surface area contributed by atoms with Crippen LogP contribution in [0.3, 0.4) is 0 Å².